The molecule has 28 heavy (non-hydrogen) atoms. The number of carbonyl (C=O) groups is 3. The van der Waals surface area contributed by atoms with Crippen molar-refractivity contribution in [3.05, 3.63) is 23.8 Å². The van der Waals surface area contributed by atoms with Gasteiger partial charge < -0.3 is 14.2 Å². The van der Waals surface area contributed by atoms with E-state index in [1.165, 1.54) is 26.0 Å². The van der Waals surface area contributed by atoms with Gasteiger partial charge in [-0.25, -0.2) is 0 Å². The van der Waals surface area contributed by atoms with Crippen molar-refractivity contribution in [2.24, 2.45) is 5.92 Å². The first-order chi connectivity index (χ1) is 13.4. The van der Waals surface area contributed by atoms with E-state index in [9.17, 15) is 14.4 Å². The minimum absolute atomic E-state index is 0.161. The maximum Gasteiger partial charge on any atom is 0.315 e. The van der Waals surface area contributed by atoms with E-state index in [4.69, 9.17) is 9.47 Å². The SMILES string of the molecule is COC(=O)CSCCC(=O)NNC(=O)c1ccc(OCCC(C)C)c(OC)c1. The molecule has 2 N–H and O–H groups in total. The van der Waals surface area contributed by atoms with Crippen molar-refractivity contribution in [1.82, 2.24) is 10.9 Å². The number of rotatable bonds is 11. The molecular weight excluding hydrogens is 384 g/mol. The highest BCUT2D eigenvalue weighted by Crippen LogP contribution is 2.28. The third kappa shape index (κ3) is 8.98. The van der Waals surface area contributed by atoms with Crippen molar-refractivity contribution in [1.29, 1.82) is 0 Å². The number of thioether (sulfide) groups is 1. The highest BCUT2D eigenvalue weighted by molar-refractivity contribution is 7.99. The summed E-state index contributed by atoms with van der Waals surface area (Å²) in [5, 5.41) is 0. The van der Waals surface area contributed by atoms with E-state index >= 15 is 0 Å². The predicted octanol–water partition coefficient (Wildman–Crippen LogP) is 2.18. The summed E-state index contributed by atoms with van der Waals surface area (Å²) in [5.41, 5.74) is 5.02. The first-order valence-electron chi connectivity index (χ1n) is 8.92. The van der Waals surface area contributed by atoms with Gasteiger partial charge in [0, 0.05) is 17.7 Å². The van der Waals surface area contributed by atoms with Crippen molar-refractivity contribution in [2.75, 3.05) is 32.3 Å². The molecule has 0 atom stereocenters. The fourth-order valence-corrected chi connectivity index (χ4v) is 2.73. The lowest BCUT2D eigenvalue weighted by Crippen LogP contribution is -2.41. The maximum absolute atomic E-state index is 12.2. The van der Waals surface area contributed by atoms with Crippen LogP contribution in [-0.4, -0.2) is 50.1 Å². The van der Waals surface area contributed by atoms with E-state index in [1.807, 2.05) is 0 Å². The molecule has 0 bridgehead atoms. The average Bonchev–Trinajstić information content (AvgIpc) is 2.68. The molecule has 0 aliphatic rings. The number of hydrogen-bond acceptors (Lipinski definition) is 7. The Morgan fingerprint density at radius 2 is 1.86 bits per heavy atom. The van der Waals surface area contributed by atoms with Crippen molar-refractivity contribution in [3.8, 4) is 11.5 Å². The molecule has 0 radical (unpaired) electrons. The molecule has 1 aromatic rings. The maximum atomic E-state index is 12.2. The fourth-order valence-electron chi connectivity index (χ4n) is 1.97. The van der Waals surface area contributed by atoms with Crippen LogP contribution in [0.3, 0.4) is 0 Å². The third-order valence-electron chi connectivity index (χ3n) is 3.62. The summed E-state index contributed by atoms with van der Waals surface area (Å²) >= 11 is 1.28. The Hall–Kier alpha value is -2.42. The summed E-state index contributed by atoms with van der Waals surface area (Å²) in [7, 11) is 2.81. The molecule has 0 heterocycles. The second-order valence-electron chi connectivity index (χ2n) is 6.28. The van der Waals surface area contributed by atoms with Crippen LogP contribution in [-0.2, 0) is 14.3 Å². The zero-order chi connectivity index (χ0) is 20.9. The topological polar surface area (TPSA) is 103 Å². The number of esters is 1. The molecule has 0 aromatic heterocycles. The molecule has 1 rings (SSSR count). The number of hydrogen-bond donors (Lipinski definition) is 2. The van der Waals surface area contributed by atoms with Gasteiger partial charge in [0.25, 0.3) is 5.91 Å². The molecule has 0 saturated heterocycles. The van der Waals surface area contributed by atoms with Crippen LogP contribution >= 0.6 is 11.8 Å². The highest BCUT2D eigenvalue weighted by atomic mass is 32.2. The molecule has 0 saturated carbocycles. The minimum Gasteiger partial charge on any atom is -0.493 e. The number of hydrazine groups is 1. The quantitative estimate of drug-likeness (QED) is 0.326. The Morgan fingerprint density at radius 3 is 2.50 bits per heavy atom. The Balaban J connectivity index is 2.46. The molecule has 1 aromatic carbocycles. The smallest absolute Gasteiger partial charge is 0.315 e. The molecule has 2 amide bonds. The van der Waals surface area contributed by atoms with Crippen LogP contribution in [0.1, 0.15) is 37.0 Å². The van der Waals surface area contributed by atoms with Gasteiger partial charge in [-0.2, -0.15) is 0 Å². The normalized spacial score (nSPS) is 10.3. The van der Waals surface area contributed by atoms with Crippen LogP contribution in [0.4, 0.5) is 0 Å². The molecule has 9 heteroatoms. The lowest BCUT2D eigenvalue weighted by molar-refractivity contribution is -0.137. The lowest BCUT2D eigenvalue weighted by atomic mass is 10.1. The Labute approximate surface area is 169 Å². The third-order valence-corrected chi connectivity index (χ3v) is 4.55. The Bertz CT molecular complexity index is 666. The van der Waals surface area contributed by atoms with Crippen LogP contribution in [0.15, 0.2) is 18.2 Å². The van der Waals surface area contributed by atoms with Crippen molar-refractivity contribution < 1.29 is 28.6 Å². The van der Waals surface area contributed by atoms with Crippen molar-refractivity contribution >= 4 is 29.5 Å². The van der Waals surface area contributed by atoms with Crippen LogP contribution in [0.2, 0.25) is 0 Å². The molecule has 8 nitrogen and oxygen atoms in total. The van der Waals surface area contributed by atoms with Gasteiger partial charge in [0.15, 0.2) is 11.5 Å². The van der Waals surface area contributed by atoms with Gasteiger partial charge in [0.2, 0.25) is 5.91 Å². The van der Waals surface area contributed by atoms with Gasteiger partial charge in [-0.1, -0.05) is 13.8 Å². The first-order valence-corrected chi connectivity index (χ1v) is 10.1. The van der Waals surface area contributed by atoms with E-state index < -0.39 is 5.91 Å². The second-order valence-corrected chi connectivity index (χ2v) is 7.38. The zero-order valence-corrected chi connectivity index (χ0v) is 17.5. The summed E-state index contributed by atoms with van der Waals surface area (Å²) in [6.07, 6.45) is 1.07. The largest absolute Gasteiger partial charge is 0.493 e. The van der Waals surface area contributed by atoms with Crippen LogP contribution in [0.25, 0.3) is 0 Å². The van der Waals surface area contributed by atoms with Crippen LogP contribution in [0.5, 0.6) is 11.5 Å². The molecule has 156 valence electrons. The highest BCUT2D eigenvalue weighted by Gasteiger charge is 2.12. The van der Waals surface area contributed by atoms with Crippen molar-refractivity contribution in [2.45, 2.75) is 26.7 Å². The molecular formula is C19H28N2O6S. The second kappa shape index (κ2) is 12.9. The zero-order valence-electron chi connectivity index (χ0n) is 16.7. The van der Waals surface area contributed by atoms with Crippen molar-refractivity contribution in [3.63, 3.8) is 0 Å². The van der Waals surface area contributed by atoms with Crippen LogP contribution < -0.4 is 20.3 Å². The monoisotopic (exact) mass is 412 g/mol. The van der Waals surface area contributed by atoms with Gasteiger partial charge in [-0.05, 0) is 30.5 Å². The van der Waals surface area contributed by atoms with Gasteiger partial charge >= 0.3 is 5.97 Å². The summed E-state index contributed by atoms with van der Waals surface area (Å²) in [4.78, 5) is 34.9. The first kappa shape index (κ1) is 23.6. The van der Waals surface area contributed by atoms with Crippen LogP contribution in [0, 0.1) is 5.92 Å². The number of ether oxygens (including phenoxy) is 3. The summed E-state index contributed by atoms with van der Waals surface area (Å²) in [6.45, 7) is 4.78. The molecule has 0 unspecified atom stereocenters. The van der Waals surface area contributed by atoms with E-state index in [0.29, 0.717) is 35.3 Å². The van der Waals surface area contributed by atoms with E-state index in [1.54, 1.807) is 18.2 Å². The van der Waals surface area contributed by atoms with Gasteiger partial charge in [-0.3, -0.25) is 25.2 Å². The fraction of sp³-hybridized carbons (Fsp3) is 0.526. The lowest BCUT2D eigenvalue weighted by Gasteiger charge is -2.13. The Morgan fingerprint density at radius 1 is 1.11 bits per heavy atom. The summed E-state index contributed by atoms with van der Waals surface area (Å²) in [5.74, 6) is 0.985. The van der Waals surface area contributed by atoms with Gasteiger partial charge in [-0.15, -0.1) is 11.8 Å². The number of benzene rings is 1. The van der Waals surface area contributed by atoms with E-state index in [0.717, 1.165) is 6.42 Å². The Kier molecular flexibility index (Phi) is 10.9. The number of amides is 2. The minimum atomic E-state index is -0.470. The molecule has 0 fully saturated rings. The van der Waals surface area contributed by atoms with E-state index in [2.05, 4.69) is 29.4 Å². The van der Waals surface area contributed by atoms with Gasteiger partial charge in [0.1, 0.15) is 0 Å². The number of methoxy groups -OCH3 is 2. The number of nitrogens with one attached hydrogen (secondary N) is 2. The van der Waals surface area contributed by atoms with E-state index in [-0.39, 0.29) is 24.1 Å². The average molecular weight is 413 g/mol. The molecule has 0 aliphatic heterocycles. The number of carbonyl (C=O) groups excluding carboxylic acids is 3. The predicted molar refractivity (Wildman–Crippen MR) is 108 cm³/mol. The molecule has 0 aliphatic carbocycles. The summed E-state index contributed by atoms with van der Waals surface area (Å²) < 4.78 is 15.5. The molecule has 0 spiro atoms. The summed E-state index contributed by atoms with van der Waals surface area (Å²) in [6, 6.07) is 4.82. The standard InChI is InChI=1S/C19H28N2O6S/c1-13(2)7-9-27-15-6-5-14(11-16(15)25-3)19(24)21-20-17(22)8-10-28-12-18(23)26-4/h5-6,11,13H,7-10,12H2,1-4H3,(H,20,22)(H,21,24). The van der Waals surface area contributed by atoms with Gasteiger partial charge in [0.05, 0.1) is 26.6 Å².